The van der Waals surface area contributed by atoms with E-state index in [2.05, 4.69) is 5.32 Å². The lowest BCUT2D eigenvalue weighted by molar-refractivity contribution is -0.134. The molecule has 0 bridgehead atoms. The van der Waals surface area contributed by atoms with Crippen LogP contribution in [0.25, 0.3) is 0 Å². The lowest BCUT2D eigenvalue weighted by atomic mass is 9.87. The number of halogens is 2. The zero-order valence-electron chi connectivity index (χ0n) is 9.51. The van der Waals surface area contributed by atoms with Gasteiger partial charge in [-0.05, 0) is 12.8 Å². The van der Waals surface area contributed by atoms with E-state index in [1.54, 1.807) is 13.8 Å². The van der Waals surface area contributed by atoms with Gasteiger partial charge in [-0.1, -0.05) is 13.8 Å². The molecule has 0 spiro atoms. The van der Waals surface area contributed by atoms with Crippen LogP contribution in [0.15, 0.2) is 0 Å². The van der Waals surface area contributed by atoms with Gasteiger partial charge in [0.2, 0.25) is 11.8 Å². The van der Waals surface area contributed by atoms with E-state index in [1.165, 1.54) is 6.92 Å². The third-order valence-electron chi connectivity index (χ3n) is 3.19. The Morgan fingerprint density at radius 3 is 2.19 bits per heavy atom. The minimum Gasteiger partial charge on any atom is -0.368 e. The summed E-state index contributed by atoms with van der Waals surface area (Å²) in [5, 5.41) is 2.32. The highest BCUT2D eigenvalue weighted by Crippen LogP contribution is 2.48. The SMILES string of the molecule is CC(C)C(C)(NC(=O)C1CC1(F)F)C(N)=O. The first-order valence-electron chi connectivity index (χ1n) is 5.11. The Morgan fingerprint density at radius 1 is 1.50 bits per heavy atom. The van der Waals surface area contributed by atoms with Crippen molar-refractivity contribution in [2.24, 2.45) is 17.6 Å². The van der Waals surface area contributed by atoms with Crippen LogP contribution in [-0.4, -0.2) is 23.3 Å². The average molecular weight is 234 g/mol. The Kier molecular flexibility index (Phi) is 2.96. The van der Waals surface area contributed by atoms with Crippen LogP contribution in [0.4, 0.5) is 8.78 Å². The van der Waals surface area contributed by atoms with Gasteiger partial charge in [0.25, 0.3) is 5.92 Å². The highest BCUT2D eigenvalue weighted by atomic mass is 19.3. The van der Waals surface area contributed by atoms with Gasteiger partial charge in [-0.25, -0.2) is 8.78 Å². The molecule has 3 N–H and O–H groups in total. The number of carbonyl (C=O) groups excluding carboxylic acids is 2. The fourth-order valence-corrected chi connectivity index (χ4v) is 1.33. The maximum atomic E-state index is 12.6. The van der Waals surface area contributed by atoms with Gasteiger partial charge >= 0.3 is 0 Å². The van der Waals surface area contributed by atoms with Crippen LogP contribution in [0.3, 0.4) is 0 Å². The Labute approximate surface area is 92.6 Å². The van der Waals surface area contributed by atoms with Gasteiger partial charge < -0.3 is 11.1 Å². The van der Waals surface area contributed by atoms with Crippen molar-refractivity contribution in [2.45, 2.75) is 38.7 Å². The molecule has 0 aliphatic heterocycles. The zero-order chi connectivity index (χ0) is 12.7. The molecule has 1 aliphatic carbocycles. The monoisotopic (exact) mass is 234 g/mol. The molecule has 1 saturated carbocycles. The highest BCUT2D eigenvalue weighted by Gasteiger charge is 2.62. The summed E-state index contributed by atoms with van der Waals surface area (Å²) in [5.74, 6) is -6.04. The van der Waals surface area contributed by atoms with Gasteiger partial charge in [0, 0.05) is 6.42 Å². The molecule has 0 aromatic heterocycles. The number of nitrogens with one attached hydrogen (secondary N) is 1. The number of primary amides is 1. The molecule has 0 aromatic carbocycles. The van der Waals surface area contributed by atoms with E-state index in [0.717, 1.165) is 0 Å². The van der Waals surface area contributed by atoms with Crippen LogP contribution >= 0.6 is 0 Å². The molecule has 2 atom stereocenters. The minimum atomic E-state index is -2.93. The van der Waals surface area contributed by atoms with Crippen molar-refractivity contribution in [3.63, 3.8) is 0 Å². The van der Waals surface area contributed by atoms with E-state index in [0.29, 0.717) is 0 Å². The maximum Gasteiger partial charge on any atom is 0.260 e. The molecule has 92 valence electrons. The number of nitrogens with two attached hydrogens (primary N) is 1. The second-order valence-electron chi connectivity index (χ2n) is 4.73. The fourth-order valence-electron chi connectivity index (χ4n) is 1.33. The predicted molar refractivity (Wildman–Crippen MR) is 53.6 cm³/mol. The highest BCUT2D eigenvalue weighted by molar-refractivity contribution is 5.92. The normalized spacial score (nSPS) is 26.0. The molecule has 6 heteroatoms. The van der Waals surface area contributed by atoms with Crippen LogP contribution < -0.4 is 11.1 Å². The number of hydrogen-bond donors (Lipinski definition) is 2. The van der Waals surface area contributed by atoms with Crippen LogP contribution in [0.2, 0.25) is 0 Å². The number of amides is 2. The predicted octanol–water partition coefficient (Wildman–Crippen LogP) is 0.658. The summed E-state index contributed by atoms with van der Waals surface area (Å²) in [4.78, 5) is 22.7. The smallest absolute Gasteiger partial charge is 0.260 e. The quantitative estimate of drug-likeness (QED) is 0.750. The molecule has 16 heavy (non-hydrogen) atoms. The molecule has 4 nitrogen and oxygen atoms in total. The van der Waals surface area contributed by atoms with E-state index < -0.39 is 35.6 Å². The Hall–Kier alpha value is -1.20. The van der Waals surface area contributed by atoms with Gasteiger partial charge in [0.1, 0.15) is 11.5 Å². The third-order valence-corrected chi connectivity index (χ3v) is 3.19. The Bertz CT molecular complexity index is 331. The summed E-state index contributed by atoms with van der Waals surface area (Å²) >= 11 is 0. The molecule has 1 aliphatic rings. The zero-order valence-corrected chi connectivity index (χ0v) is 9.51. The summed E-state index contributed by atoms with van der Waals surface area (Å²) in [6.45, 7) is 4.82. The van der Waals surface area contributed by atoms with Crippen molar-refractivity contribution in [3.05, 3.63) is 0 Å². The Balaban J connectivity index is 2.71. The summed E-state index contributed by atoms with van der Waals surface area (Å²) in [6, 6.07) is 0. The maximum absolute atomic E-state index is 12.6. The Morgan fingerprint density at radius 2 is 1.94 bits per heavy atom. The molecule has 1 rings (SSSR count). The van der Waals surface area contributed by atoms with Gasteiger partial charge in [0.05, 0.1) is 0 Å². The van der Waals surface area contributed by atoms with Crippen molar-refractivity contribution in [3.8, 4) is 0 Å². The molecule has 0 aromatic rings. The fraction of sp³-hybridized carbons (Fsp3) is 0.800. The summed E-state index contributed by atoms with van der Waals surface area (Å²) in [6.07, 6.45) is -0.453. The van der Waals surface area contributed by atoms with Crippen LogP contribution in [-0.2, 0) is 9.59 Å². The molecule has 2 unspecified atom stereocenters. The molecular weight excluding hydrogens is 218 g/mol. The van der Waals surface area contributed by atoms with Gasteiger partial charge in [0.15, 0.2) is 0 Å². The first-order chi connectivity index (χ1) is 7.11. The number of hydrogen-bond acceptors (Lipinski definition) is 2. The van der Waals surface area contributed by atoms with E-state index in [-0.39, 0.29) is 5.92 Å². The van der Waals surface area contributed by atoms with Crippen molar-refractivity contribution in [1.82, 2.24) is 5.32 Å². The van der Waals surface area contributed by atoms with Gasteiger partial charge in [-0.3, -0.25) is 9.59 Å². The van der Waals surface area contributed by atoms with Crippen molar-refractivity contribution >= 4 is 11.8 Å². The number of carbonyl (C=O) groups is 2. The first-order valence-corrected chi connectivity index (χ1v) is 5.11. The first kappa shape index (κ1) is 12.9. The number of alkyl halides is 2. The molecule has 1 fully saturated rings. The van der Waals surface area contributed by atoms with Crippen LogP contribution in [0.1, 0.15) is 27.2 Å². The molecule has 0 saturated heterocycles. The average Bonchev–Trinajstić information content (AvgIpc) is 2.74. The molecule has 2 amide bonds. The summed E-state index contributed by atoms with van der Waals surface area (Å²) < 4.78 is 25.3. The third kappa shape index (κ3) is 2.15. The standard InChI is InChI=1S/C10H16F2N2O2/c1-5(2)9(3,8(13)16)14-7(15)6-4-10(6,11)12/h5-6H,4H2,1-3H3,(H2,13,16)(H,14,15). The van der Waals surface area contributed by atoms with Gasteiger partial charge in [-0.2, -0.15) is 0 Å². The van der Waals surface area contributed by atoms with Crippen LogP contribution in [0.5, 0.6) is 0 Å². The van der Waals surface area contributed by atoms with Crippen LogP contribution in [0, 0.1) is 11.8 Å². The number of rotatable bonds is 4. The second kappa shape index (κ2) is 3.68. The van der Waals surface area contributed by atoms with Crippen molar-refractivity contribution in [2.75, 3.05) is 0 Å². The van der Waals surface area contributed by atoms with Crippen molar-refractivity contribution < 1.29 is 18.4 Å². The lowest BCUT2D eigenvalue weighted by Gasteiger charge is -2.31. The molecule has 0 radical (unpaired) electrons. The largest absolute Gasteiger partial charge is 0.368 e. The van der Waals surface area contributed by atoms with Crippen molar-refractivity contribution in [1.29, 1.82) is 0 Å². The molecular formula is C10H16F2N2O2. The van der Waals surface area contributed by atoms with E-state index in [1.807, 2.05) is 0 Å². The molecule has 0 heterocycles. The second-order valence-corrected chi connectivity index (χ2v) is 4.73. The van der Waals surface area contributed by atoms with E-state index in [4.69, 9.17) is 5.73 Å². The summed E-state index contributed by atoms with van der Waals surface area (Å²) in [5.41, 5.74) is 3.89. The lowest BCUT2D eigenvalue weighted by Crippen LogP contribution is -2.59. The van der Waals surface area contributed by atoms with E-state index >= 15 is 0 Å². The topological polar surface area (TPSA) is 72.2 Å². The minimum absolute atomic E-state index is 0.263. The van der Waals surface area contributed by atoms with Gasteiger partial charge in [-0.15, -0.1) is 0 Å². The van der Waals surface area contributed by atoms with E-state index in [9.17, 15) is 18.4 Å². The summed E-state index contributed by atoms with van der Waals surface area (Å²) in [7, 11) is 0.